The first-order chi connectivity index (χ1) is 9.08. The zero-order valence-corrected chi connectivity index (χ0v) is 11.1. The number of nitrogens with one attached hydrogen (secondary N) is 1. The number of rotatable bonds is 5. The Labute approximate surface area is 116 Å². The lowest BCUT2D eigenvalue weighted by Crippen LogP contribution is -2.27. The lowest BCUT2D eigenvalue weighted by molar-refractivity contribution is -0.385. The summed E-state index contributed by atoms with van der Waals surface area (Å²) in [4.78, 5) is 13.9. The van der Waals surface area contributed by atoms with Gasteiger partial charge in [0.05, 0.1) is 16.0 Å². The third-order valence-electron chi connectivity index (χ3n) is 3.46. The molecule has 19 heavy (non-hydrogen) atoms. The smallest absolute Gasteiger partial charge is 0.289 e. The lowest BCUT2D eigenvalue weighted by Gasteiger charge is -2.18. The average molecular weight is 286 g/mol. The van der Waals surface area contributed by atoms with Crippen molar-refractivity contribution in [2.45, 2.75) is 31.8 Å². The molecule has 1 fully saturated rings. The molecule has 0 bridgehead atoms. The molecule has 1 saturated carbocycles. The molecule has 1 heterocycles. The van der Waals surface area contributed by atoms with Gasteiger partial charge in [-0.2, -0.15) is 0 Å². The number of aliphatic hydroxyl groups excluding tert-OH is 1. The van der Waals surface area contributed by atoms with Crippen molar-refractivity contribution in [1.29, 1.82) is 0 Å². The van der Waals surface area contributed by atoms with E-state index in [2.05, 4.69) is 10.3 Å². The molecule has 104 valence electrons. The number of nitro groups is 1. The van der Waals surface area contributed by atoms with Crippen LogP contribution >= 0.6 is 11.6 Å². The molecule has 7 heteroatoms. The molecule has 1 unspecified atom stereocenters. The van der Waals surface area contributed by atoms with Gasteiger partial charge in [-0.3, -0.25) is 10.1 Å². The first-order valence-corrected chi connectivity index (χ1v) is 6.67. The molecule has 0 saturated heterocycles. The highest BCUT2D eigenvalue weighted by molar-refractivity contribution is 6.33. The van der Waals surface area contributed by atoms with E-state index in [-0.39, 0.29) is 10.7 Å². The average Bonchev–Trinajstić information content (AvgIpc) is 2.90. The molecule has 0 spiro atoms. The number of aliphatic hydroxyl groups is 1. The Balaban J connectivity index is 1.93. The number of anilines is 1. The summed E-state index contributed by atoms with van der Waals surface area (Å²) in [6.45, 7) is 0.356. The topological polar surface area (TPSA) is 88.3 Å². The Bertz CT molecular complexity index is 464. The van der Waals surface area contributed by atoms with Crippen molar-refractivity contribution in [3.63, 3.8) is 0 Å². The molecule has 1 aromatic heterocycles. The van der Waals surface area contributed by atoms with Crippen molar-refractivity contribution in [2.75, 3.05) is 11.9 Å². The summed E-state index contributed by atoms with van der Waals surface area (Å²) < 4.78 is 0. The first-order valence-electron chi connectivity index (χ1n) is 6.30. The number of halogens is 1. The molecule has 0 aromatic carbocycles. The van der Waals surface area contributed by atoms with Gasteiger partial charge in [0.15, 0.2) is 0 Å². The molecule has 1 atom stereocenters. The molecule has 0 amide bonds. The fourth-order valence-corrected chi connectivity index (χ4v) is 2.60. The molecule has 1 aliphatic rings. The van der Waals surface area contributed by atoms with Crippen LogP contribution in [-0.4, -0.2) is 27.7 Å². The molecule has 0 aliphatic heterocycles. The highest BCUT2D eigenvalue weighted by Crippen LogP contribution is 2.28. The zero-order valence-electron chi connectivity index (χ0n) is 10.4. The molecular formula is C12H16ClN3O3. The van der Waals surface area contributed by atoms with Crippen LogP contribution in [0.2, 0.25) is 5.02 Å². The van der Waals surface area contributed by atoms with Crippen molar-refractivity contribution in [3.8, 4) is 0 Å². The van der Waals surface area contributed by atoms with Gasteiger partial charge in [0.25, 0.3) is 5.69 Å². The van der Waals surface area contributed by atoms with E-state index in [0.717, 1.165) is 31.9 Å². The van der Waals surface area contributed by atoms with E-state index in [0.29, 0.717) is 18.3 Å². The van der Waals surface area contributed by atoms with Gasteiger partial charge in [-0.1, -0.05) is 24.4 Å². The number of aromatic nitrogens is 1. The van der Waals surface area contributed by atoms with Crippen molar-refractivity contribution in [1.82, 2.24) is 4.98 Å². The molecule has 1 aliphatic carbocycles. The van der Waals surface area contributed by atoms with E-state index >= 15 is 0 Å². The third kappa shape index (κ3) is 3.54. The Morgan fingerprint density at radius 3 is 2.84 bits per heavy atom. The largest absolute Gasteiger partial charge is 0.391 e. The van der Waals surface area contributed by atoms with Gasteiger partial charge in [0, 0.05) is 12.6 Å². The molecule has 1 aromatic rings. The standard InChI is InChI=1S/C12H16ClN3O3/c13-10-5-9(16(18)19)6-14-12(10)15-7-11(17)8-3-1-2-4-8/h5-6,8,11,17H,1-4,7H2,(H,14,15). The van der Waals surface area contributed by atoms with Crippen LogP contribution in [-0.2, 0) is 0 Å². The predicted octanol–water partition coefficient (Wildman–Crippen LogP) is 2.61. The predicted molar refractivity (Wildman–Crippen MR) is 72.4 cm³/mol. The quantitative estimate of drug-likeness (QED) is 0.641. The second-order valence-electron chi connectivity index (χ2n) is 4.77. The number of hydrogen-bond acceptors (Lipinski definition) is 5. The van der Waals surface area contributed by atoms with Gasteiger partial charge in [-0.25, -0.2) is 4.98 Å². The molecule has 0 radical (unpaired) electrons. The second kappa shape index (κ2) is 6.16. The van der Waals surface area contributed by atoms with E-state index in [9.17, 15) is 15.2 Å². The highest BCUT2D eigenvalue weighted by Gasteiger charge is 2.23. The Kier molecular flexibility index (Phi) is 4.55. The van der Waals surface area contributed by atoms with Crippen LogP contribution in [0.1, 0.15) is 25.7 Å². The van der Waals surface area contributed by atoms with Crippen LogP contribution in [0.3, 0.4) is 0 Å². The summed E-state index contributed by atoms with van der Waals surface area (Å²) in [7, 11) is 0. The minimum absolute atomic E-state index is 0.146. The van der Waals surface area contributed by atoms with Gasteiger partial charge in [-0.05, 0) is 18.8 Å². The van der Waals surface area contributed by atoms with E-state index in [4.69, 9.17) is 11.6 Å². The van der Waals surface area contributed by atoms with Gasteiger partial charge in [-0.15, -0.1) is 0 Å². The normalized spacial score (nSPS) is 17.4. The van der Waals surface area contributed by atoms with E-state index in [1.165, 1.54) is 6.07 Å². The minimum Gasteiger partial charge on any atom is -0.391 e. The van der Waals surface area contributed by atoms with Gasteiger partial charge in [0.2, 0.25) is 0 Å². The van der Waals surface area contributed by atoms with E-state index in [1.54, 1.807) is 0 Å². The maximum absolute atomic E-state index is 10.6. The summed E-state index contributed by atoms with van der Waals surface area (Å²) in [6.07, 6.45) is 5.14. The van der Waals surface area contributed by atoms with Crippen molar-refractivity contribution in [3.05, 3.63) is 27.4 Å². The van der Waals surface area contributed by atoms with Crippen molar-refractivity contribution >= 4 is 23.1 Å². The monoisotopic (exact) mass is 285 g/mol. The van der Waals surface area contributed by atoms with Crippen LogP contribution < -0.4 is 5.32 Å². The molecule has 6 nitrogen and oxygen atoms in total. The molecule has 2 rings (SSSR count). The zero-order chi connectivity index (χ0) is 13.8. The van der Waals surface area contributed by atoms with Crippen LogP contribution in [0.5, 0.6) is 0 Å². The molecular weight excluding hydrogens is 270 g/mol. The maximum atomic E-state index is 10.6. The van der Waals surface area contributed by atoms with Gasteiger partial charge < -0.3 is 10.4 Å². The Hall–Kier alpha value is -1.40. The summed E-state index contributed by atoms with van der Waals surface area (Å²) in [5.41, 5.74) is -0.146. The maximum Gasteiger partial charge on any atom is 0.289 e. The fourth-order valence-electron chi connectivity index (χ4n) is 2.37. The van der Waals surface area contributed by atoms with Gasteiger partial charge in [0.1, 0.15) is 12.0 Å². The number of pyridine rings is 1. The third-order valence-corrected chi connectivity index (χ3v) is 3.75. The summed E-state index contributed by atoms with van der Waals surface area (Å²) in [6, 6.07) is 1.25. The number of hydrogen-bond donors (Lipinski definition) is 2. The first kappa shape index (κ1) is 14.0. The Morgan fingerprint density at radius 2 is 2.26 bits per heavy atom. The van der Waals surface area contributed by atoms with E-state index in [1.807, 2.05) is 0 Å². The lowest BCUT2D eigenvalue weighted by atomic mass is 10.0. The second-order valence-corrected chi connectivity index (χ2v) is 5.18. The summed E-state index contributed by atoms with van der Waals surface area (Å²) in [5, 5.41) is 23.7. The van der Waals surface area contributed by atoms with Crippen LogP contribution in [0.25, 0.3) is 0 Å². The SMILES string of the molecule is O=[N+]([O-])c1cnc(NCC(O)C2CCCC2)c(Cl)c1. The van der Waals surface area contributed by atoms with Crippen molar-refractivity contribution in [2.24, 2.45) is 5.92 Å². The summed E-state index contributed by atoms with van der Waals surface area (Å²) in [5.74, 6) is 0.689. The van der Waals surface area contributed by atoms with Crippen LogP contribution in [0.4, 0.5) is 11.5 Å². The van der Waals surface area contributed by atoms with Crippen molar-refractivity contribution < 1.29 is 10.0 Å². The van der Waals surface area contributed by atoms with Gasteiger partial charge >= 0.3 is 0 Å². The fraction of sp³-hybridized carbons (Fsp3) is 0.583. The number of nitrogens with zero attached hydrogens (tertiary/aromatic N) is 2. The van der Waals surface area contributed by atoms with Crippen LogP contribution in [0, 0.1) is 16.0 Å². The minimum atomic E-state index is -0.546. The van der Waals surface area contributed by atoms with E-state index < -0.39 is 11.0 Å². The van der Waals surface area contributed by atoms with Crippen LogP contribution in [0.15, 0.2) is 12.3 Å². The highest BCUT2D eigenvalue weighted by atomic mass is 35.5. The molecule has 2 N–H and O–H groups in total. The summed E-state index contributed by atoms with van der Waals surface area (Å²) >= 11 is 5.91. The Morgan fingerprint density at radius 1 is 1.58 bits per heavy atom.